The summed E-state index contributed by atoms with van der Waals surface area (Å²) >= 11 is 0. The third-order valence-corrected chi connectivity index (χ3v) is 5.68. The summed E-state index contributed by atoms with van der Waals surface area (Å²) in [7, 11) is 0. The van der Waals surface area contributed by atoms with Crippen LogP contribution < -0.4 is 15.5 Å². The van der Waals surface area contributed by atoms with E-state index in [4.69, 9.17) is 0 Å². The Kier molecular flexibility index (Phi) is 6.88. The van der Waals surface area contributed by atoms with Crippen molar-refractivity contribution in [3.8, 4) is 0 Å². The Labute approximate surface area is 160 Å². The van der Waals surface area contributed by atoms with E-state index in [1.807, 2.05) is 4.90 Å². The van der Waals surface area contributed by atoms with Crippen molar-refractivity contribution in [2.75, 3.05) is 44.2 Å². The summed E-state index contributed by atoms with van der Waals surface area (Å²) < 4.78 is 26.5. The number of amides is 2. The van der Waals surface area contributed by atoms with E-state index in [2.05, 4.69) is 22.5 Å². The minimum absolute atomic E-state index is 0.134. The fourth-order valence-electron chi connectivity index (χ4n) is 3.94. The molecule has 0 aliphatic carbocycles. The fourth-order valence-corrected chi connectivity index (χ4v) is 3.94. The Morgan fingerprint density at radius 2 is 1.93 bits per heavy atom. The number of nitrogens with zero attached hydrogens (tertiary/aromatic N) is 2. The summed E-state index contributed by atoms with van der Waals surface area (Å²) in [6, 6.07) is 4.21. The second-order valence-electron chi connectivity index (χ2n) is 7.74. The Morgan fingerprint density at radius 3 is 2.67 bits per heavy atom. The molecule has 0 spiro atoms. The van der Waals surface area contributed by atoms with Crippen LogP contribution in [-0.2, 0) is 0 Å². The topological polar surface area (TPSA) is 47.6 Å². The second kappa shape index (κ2) is 9.35. The molecule has 2 heterocycles. The van der Waals surface area contributed by atoms with E-state index in [1.54, 1.807) is 6.07 Å². The number of likely N-dealkylation sites (tertiary alicyclic amines) is 1. The maximum absolute atomic E-state index is 13.4. The Balaban J connectivity index is 1.36. The van der Waals surface area contributed by atoms with Gasteiger partial charge in [-0.25, -0.2) is 13.6 Å². The van der Waals surface area contributed by atoms with Crippen LogP contribution >= 0.6 is 0 Å². The smallest absolute Gasteiger partial charge is 0.314 e. The molecule has 0 saturated carbocycles. The average molecular weight is 380 g/mol. The molecule has 1 aromatic carbocycles. The quantitative estimate of drug-likeness (QED) is 0.798. The highest BCUT2D eigenvalue weighted by Gasteiger charge is 2.24. The zero-order chi connectivity index (χ0) is 19.2. The van der Waals surface area contributed by atoms with Crippen molar-refractivity contribution >= 4 is 11.7 Å². The molecular formula is C20H30F2N4O. The van der Waals surface area contributed by atoms with E-state index in [1.165, 1.54) is 25.3 Å². The summed E-state index contributed by atoms with van der Waals surface area (Å²) in [6.45, 7) is 7.14. The van der Waals surface area contributed by atoms with Gasteiger partial charge in [0.2, 0.25) is 0 Å². The van der Waals surface area contributed by atoms with Crippen LogP contribution in [0.1, 0.15) is 32.6 Å². The predicted molar refractivity (Wildman–Crippen MR) is 103 cm³/mol. The molecule has 2 aliphatic heterocycles. The highest BCUT2D eigenvalue weighted by molar-refractivity contribution is 5.73. The molecule has 2 atom stereocenters. The molecular weight excluding hydrogens is 350 g/mol. The molecule has 3 rings (SSSR count). The van der Waals surface area contributed by atoms with Crippen LogP contribution in [0.5, 0.6) is 0 Å². The molecule has 1 aromatic rings. The first kappa shape index (κ1) is 19.9. The van der Waals surface area contributed by atoms with Gasteiger partial charge in [0.05, 0.1) is 0 Å². The van der Waals surface area contributed by atoms with Crippen LogP contribution in [0.15, 0.2) is 18.2 Å². The maximum atomic E-state index is 13.4. The molecule has 7 heteroatoms. The number of hydrogen-bond donors (Lipinski definition) is 2. The SMILES string of the molecule is C[C@@H](CNC(=O)NC[C@@H]1CCN(c2ccc(F)c(F)c2)C1)N1CCCCC1. The highest BCUT2D eigenvalue weighted by Crippen LogP contribution is 2.25. The van der Waals surface area contributed by atoms with E-state index in [0.717, 1.165) is 38.7 Å². The molecule has 2 aliphatic rings. The number of anilines is 1. The molecule has 0 bridgehead atoms. The van der Waals surface area contributed by atoms with Crippen molar-refractivity contribution in [1.29, 1.82) is 0 Å². The van der Waals surface area contributed by atoms with Gasteiger partial charge < -0.3 is 15.5 Å². The largest absolute Gasteiger partial charge is 0.371 e. The van der Waals surface area contributed by atoms with Crippen molar-refractivity contribution in [1.82, 2.24) is 15.5 Å². The predicted octanol–water partition coefficient (Wildman–Crippen LogP) is 2.96. The number of carbonyl (C=O) groups excluding carboxylic acids is 1. The zero-order valence-electron chi connectivity index (χ0n) is 16.0. The van der Waals surface area contributed by atoms with E-state index in [-0.39, 0.29) is 6.03 Å². The lowest BCUT2D eigenvalue weighted by molar-refractivity contribution is 0.170. The van der Waals surface area contributed by atoms with Crippen LogP contribution in [0.3, 0.4) is 0 Å². The number of benzene rings is 1. The Morgan fingerprint density at radius 1 is 1.15 bits per heavy atom. The molecule has 0 aromatic heterocycles. The van der Waals surface area contributed by atoms with Crippen molar-refractivity contribution in [2.24, 2.45) is 5.92 Å². The van der Waals surface area contributed by atoms with Gasteiger partial charge in [-0.1, -0.05) is 6.42 Å². The molecule has 0 radical (unpaired) electrons. The lowest BCUT2D eigenvalue weighted by Crippen LogP contribution is -2.47. The number of piperidine rings is 1. The molecule has 2 fully saturated rings. The minimum Gasteiger partial charge on any atom is -0.371 e. The molecule has 2 N–H and O–H groups in total. The number of carbonyl (C=O) groups is 1. The first-order valence-electron chi connectivity index (χ1n) is 9.98. The lowest BCUT2D eigenvalue weighted by atomic mass is 10.1. The Bertz CT molecular complexity index is 636. The standard InChI is InChI=1S/C20H30F2N4O/c1-15(25-8-3-2-4-9-25)12-23-20(27)24-13-16-7-10-26(14-16)17-5-6-18(21)19(22)11-17/h5-6,11,15-16H,2-4,7-10,12-14H2,1H3,(H2,23,24,27)/t15-,16-/m0/s1. The summed E-state index contributed by atoms with van der Waals surface area (Å²) in [5.41, 5.74) is 0.691. The summed E-state index contributed by atoms with van der Waals surface area (Å²) in [6.07, 6.45) is 4.71. The van der Waals surface area contributed by atoms with Crippen molar-refractivity contribution in [2.45, 2.75) is 38.6 Å². The first-order valence-corrected chi connectivity index (χ1v) is 9.98. The van der Waals surface area contributed by atoms with E-state index < -0.39 is 11.6 Å². The summed E-state index contributed by atoms with van der Waals surface area (Å²) in [5.74, 6) is -1.34. The number of urea groups is 1. The number of nitrogens with one attached hydrogen (secondary N) is 2. The lowest BCUT2D eigenvalue weighted by Gasteiger charge is -2.32. The normalized spacial score (nSPS) is 21.9. The number of rotatable bonds is 6. The Hall–Kier alpha value is -1.89. The minimum atomic E-state index is -0.827. The third kappa shape index (κ3) is 5.54. The van der Waals surface area contributed by atoms with Crippen molar-refractivity contribution < 1.29 is 13.6 Å². The van der Waals surface area contributed by atoms with Crippen LogP contribution in [0.25, 0.3) is 0 Å². The van der Waals surface area contributed by atoms with Crippen molar-refractivity contribution in [3.63, 3.8) is 0 Å². The van der Waals surface area contributed by atoms with Gasteiger partial charge >= 0.3 is 6.03 Å². The average Bonchev–Trinajstić information content (AvgIpc) is 3.16. The van der Waals surface area contributed by atoms with Gasteiger partial charge in [0.1, 0.15) is 0 Å². The molecule has 5 nitrogen and oxygen atoms in total. The van der Waals surface area contributed by atoms with Crippen LogP contribution in [-0.4, -0.2) is 56.2 Å². The van der Waals surface area contributed by atoms with Gasteiger partial charge in [-0.15, -0.1) is 0 Å². The monoisotopic (exact) mass is 380 g/mol. The van der Waals surface area contributed by atoms with Gasteiger partial charge in [-0.05, 0) is 57.3 Å². The van der Waals surface area contributed by atoms with E-state index in [0.29, 0.717) is 30.7 Å². The first-order chi connectivity index (χ1) is 13.0. The molecule has 150 valence electrons. The van der Waals surface area contributed by atoms with Gasteiger partial charge in [0, 0.05) is 44.0 Å². The van der Waals surface area contributed by atoms with Gasteiger partial charge in [0.25, 0.3) is 0 Å². The van der Waals surface area contributed by atoms with Crippen LogP contribution in [0.4, 0.5) is 19.3 Å². The summed E-state index contributed by atoms with van der Waals surface area (Å²) in [4.78, 5) is 16.5. The van der Waals surface area contributed by atoms with Crippen molar-refractivity contribution in [3.05, 3.63) is 29.8 Å². The van der Waals surface area contributed by atoms with Gasteiger partial charge in [-0.2, -0.15) is 0 Å². The molecule has 0 unspecified atom stereocenters. The van der Waals surface area contributed by atoms with Crippen LogP contribution in [0.2, 0.25) is 0 Å². The maximum Gasteiger partial charge on any atom is 0.314 e. The second-order valence-corrected chi connectivity index (χ2v) is 7.74. The number of hydrogen-bond acceptors (Lipinski definition) is 3. The highest BCUT2D eigenvalue weighted by atomic mass is 19.2. The van der Waals surface area contributed by atoms with E-state index >= 15 is 0 Å². The fraction of sp³-hybridized carbons (Fsp3) is 0.650. The van der Waals surface area contributed by atoms with E-state index in [9.17, 15) is 13.6 Å². The molecule has 2 saturated heterocycles. The molecule has 2 amide bonds. The molecule has 27 heavy (non-hydrogen) atoms. The number of halogens is 2. The zero-order valence-corrected chi connectivity index (χ0v) is 16.0. The summed E-state index contributed by atoms with van der Waals surface area (Å²) in [5, 5.41) is 5.91. The third-order valence-electron chi connectivity index (χ3n) is 5.68. The van der Waals surface area contributed by atoms with Gasteiger partial charge in [0.15, 0.2) is 11.6 Å². The van der Waals surface area contributed by atoms with Gasteiger partial charge in [-0.3, -0.25) is 4.90 Å². The van der Waals surface area contributed by atoms with Crippen LogP contribution in [0, 0.1) is 17.6 Å².